The summed E-state index contributed by atoms with van der Waals surface area (Å²) in [5, 5.41) is 0. The molecule has 1 amide bonds. The average molecular weight is 433 g/mol. The van der Waals surface area contributed by atoms with Crippen molar-refractivity contribution < 1.29 is 26.4 Å². The van der Waals surface area contributed by atoms with E-state index in [0.717, 1.165) is 31.6 Å². The van der Waals surface area contributed by atoms with E-state index in [2.05, 4.69) is 13.8 Å². The van der Waals surface area contributed by atoms with Crippen LogP contribution in [0.15, 0.2) is 29.2 Å². The first-order chi connectivity index (χ1) is 13.5. The molecule has 2 saturated heterocycles. The lowest BCUT2D eigenvalue weighted by molar-refractivity contribution is -0.139. The van der Waals surface area contributed by atoms with E-state index in [1.165, 1.54) is 10.4 Å². The van der Waals surface area contributed by atoms with Crippen LogP contribution >= 0.6 is 0 Å². The monoisotopic (exact) mass is 432 g/mol. The van der Waals surface area contributed by atoms with Gasteiger partial charge in [0.05, 0.1) is 10.5 Å². The van der Waals surface area contributed by atoms with Crippen molar-refractivity contribution in [3.8, 4) is 0 Å². The number of carbonyl (C=O) groups is 1. The average Bonchev–Trinajstić information content (AvgIpc) is 2.66. The Morgan fingerprint density at radius 2 is 1.66 bits per heavy atom. The Morgan fingerprint density at radius 1 is 1.07 bits per heavy atom. The molecule has 2 atom stereocenters. The van der Waals surface area contributed by atoms with Crippen LogP contribution < -0.4 is 0 Å². The molecular formula is C20H27F3N2O3S. The number of sulfonamides is 1. The van der Waals surface area contributed by atoms with Gasteiger partial charge in [0.15, 0.2) is 0 Å². The third-order valence-corrected chi connectivity index (χ3v) is 7.68. The van der Waals surface area contributed by atoms with Crippen molar-refractivity contribution in [1.29, 1.82) is 0 Å². The van der Waals surface area contributed by atoms with E-state index in [1.54, 1.807) is 0 Å². The summed E-state index contributed by atoms with van der Waals surface area (Å²) in [6.45, 7) is 5.97. The summed E-state index contributed by atoms with van der Waals surface area (Å²) in [4.78, 5) is 14.4. The van der Waals surface area contributed by atoms with Gasteiger partial charge in [-0.15, -0.1) is 0 Å². The molecule has 1 aromatic rings. The normalized spacial score (nSPS) is 25.2. The van der Waals surface area contributed by atoms with Gasteiger partial charge in [-0.25, -0.2) is 8.42 Å². The highest BCUT2D eigenvalue weighted by atomic mass is 32.2. The van der Waals surface area contributed by atoms with Crippen molar-refractivity contribution >= 4 is 15.9 Å². The van der Waals surface area contributed by atoms with Gasteiger partial charge in [0.1, 0.15) is 0 Å². The molecule has 5 nitrogen and oxygen atoms in total. The van der Waals surface area contributed by atoms with Crippen LogP contribution in [0.25, 0.3) is 0 Å². The predicted octanol–water partition coefficient (Wildman–Crippen LogP) is 3.61. The van der Waals surface area contributed by atoms with E-state index in [9.17, 15) is 26.4 Å². The van der Waals surface area contributed by atoms with Gasteiger partial charge in [-0.3, -0.25) is 4.79 Å². The molecule has 0 bridgehead atoms. The Morgan fingerprint density at radius 3 is 2.21 bits per heavy atom. The second-order valence-corrected chi connectivity index (χ2v) is 10.3. The van der Waals surface area contributed by atoms with Crippen LogP contribution in [0.3, 0.4) is 0 Å². The Labute approximate surface area is 169 Å². The van der Waals surface area contributed by atoms with Crippen LogP contribution in [-0.2, 0) is 21.0 Å². The maximum atomic E-state index is 12.9. The van der Waals surface area contributed by atoms with Crippen LogP contribution in [0, 0.1) is 17.8 Å². The minimum Gasteiger partial charge on any atom is -0.342 e. The summed E-state index contributed by atoms with van der Waals surface area (Å²) >= 11 is 0. The van der Waals surface area contributed by atoms with E-state index < -0.39 is 21.8 Å². The van der Waals surface area contributed by atoms with E-state index in [-0.39, 0.29) is 29.8 Å². The first-order valence-electron chi connectivity index (χ1n) is 9.94. The molecule has 2 heterocycles. The Balaban J connectivity index is 1.66. The van der Waals surface area contributed by atoms with Gasteiger partial charge in [-0.2, -0.15) is 17.5 Å². The molecule has 0 aromatic heterocycles. The number of likely N-dealkylation sites (tertiary alicyclic amines) is 1. The number of halogens is 3. The quantitative estimate of drug-likeness (QED) is 0.733. The molecule has 0 N–H and O–H groups in total. The second-order valence-electron chi connectivity index (χ2n) is 8.39. The molecule has 2 aliphatic rings. The fraction of sp³-hybridized carbons (Fsp3) is 0.650. The number of hydrogen-bond donors (Lipinski definition) is 0. The number of amides is 1. The molecule has 9 heteroatoms. The smallest absolute Gasteiger partial charge is 0.342 e. The highest BCUT2D eigenvalue weighted by Gasteiger charge is 2.37. The first-order valence-corrected chi connectivity index (χ1v) is 11.4. The Hall–Kier alpha value is -1.61. The molecule has 0 spiro atoms. The predicted molar refractivity (Wildman–Crippen MR) is 102 cm³/mol. The van der Waals surface area contributed by atoms with E-state index in [1.807, 2.05) is 4.90 Å². The molecule has 0 radical (unpaired) electrons. The van der Waals surface area contributed by atoms with Crippen LogP contribution in [-0.4, -0.2) is 49.7 Å². The lowest BCUT2D eigenvalue weighted by Crippen LogP contribution is -2.48. The van der Waals surface area contributed by atoms with Gasteiger partial charge in [0, 0.05) is 32.1 Å². The summed E-state index contributed by atoms with van der Waals surface area (Å²) in [6, 6.07) is 3.80. The van der Waals surface area contributed by atoms with Crippen LogP contribution in [0.1, 0.15) is 38.7 Å². The zero-order chi connectivity index (χ0) is 21.4. The number of alkyl halides is 3. The number of piperidine rings is 2. The van der Waals surface area contributed by atoms with Crippen molar-refractivity contribution in [3.63, 3.8) is 0 Å². The van der Waals surface area contributed by atoms with Crippen LogP contribution in [0.5, 0.6) is 0 Å². The van der Waals surface area contributed by atoms with Crippen molar-refractivity contribution in [2.45, 2.75) is 44.2 Å². The molecule has 0 unspecified atom stereocenters. The second kappa shape index (κ2) is 8.26. The zero-order valence-electron chi connectivity index (χ0n) is 16.7. The minimum absolute atomic E-state index is 0.0690. The minimum atomic E-state index is -4.60. The fourth-order valence-electron chi connectivity index (χ4n) is 4.43. The van der Waals surface area contributed by atoms with Crippen molar-refractivity contribution in [1.82, 2.24) is 9.21 Å². The first kappa shape index (κ1) is 22.1. The number of hydrogen-bond acceptors (Lipinski definition) is 3. The van der Waals surface area contributed by atoms with Gasteiger partial charge in [0.2, 0.25) is 15.9 Å². The summed E-state index contributed by atoms with van der Waals surface area (Å²) in [6.07, 6.45) is -2.74. The summed E-state index contributed by atoms with van der Waals surface area (Å²) in [5.74, 6) is 0.730. The standard InChI is InChI=1S/C20H27F3N2O3S/c1-14-10-15(2)13-24(12-14)19(26)16-6-8-25(9-7-16)29(27,28)18-5-3-4-17(11-18)20(21,22)23/h3-5,11,14-16H,6-10,12-13H2,1-2H3/t14-,15-/m1/s1. The maximum absolute atomic E-state index is 12.9. The highest BCUT2D eigenvalue weighted by molar-refractivity contribution is 7.89. The number of carbonyl (C=O) groups excluding carboxylic acids is 1. The molecule has 2 aliphatic heterocycles. The van der Waals surface area contributed by atoms with Gasteiger partial charge in [0.25, 0.3) is 0 Å². The zero-order valence-corrected chi connectivity index (χ0v) is 17.5. The topological polar surface area (TPSA) is 57.7 Å². The van der Waals surface area contributed by atoms with Gasteiger partial charge in [-0.05, 0) is 49.3 Å². The van der Waals surface area contributed by atoms with Crippen molar-refractivity contribution in [2.24, 2.45) is 17.8 Å². The summed E-state index contributed by atoms with van der Waals surface area (Å²) in [7, 11) is -4.03. The van der Waals surface area contributed by atoms with Crippen molar-refractivity contribution in [2.75, 3.05) is 26.2 Å². The molecule has 2 fully saturated rings. The molecule has 162 valence electrons. The highest BCUT2D eigenvalue weighted by Crippen LogP contribution is 2.32. The van der Waals surface area contributed by atoms with E-state index in [4.69, 9.17) is 0 Å². The fourth-order valence-corrected chi connectivity index (χ4v) is 5.94. The third kappa shape index (κ3) is 4.94. The lowest BCUT2D eigenvalue weighted by atomic mass is 9.89. The number of nitrogens with zero attached hydrogens (tertiary/aromatic N) is 2. The number of benzene rings is 1. The van der Waals surface area contributed by atoms with Gasteiger partial charge < -0.3 is 4.90 Å². The van der Waals surface area contributed by atoms with Gasteiger partial charge >= 0.3 is 6.18 Å². The van der Waals surface area contributed by atoms with Crippen molar-refractivity contribution in [3.05, 3.63) is 29.8 Å². The Kier molecular flexibility index (Phi) is 6.29. The molecule has 29 heavy (non-hydrogen) atoms. The van der Waals surface area contributed by atoms with E-state index in [0.29, 0.717) is 30.7 Å². The SMILES string of the molecule is C[C@@H]1C[C@@H](C)CN(C(=O)C2CCN(S(=O)(=O)c3cccc(C(F)(F)F)c3)CC2)C1. The molecule has 0 saturated carbocycles. The lowest BCUT2D eigenvalue weighted by Gasteiger charge is -2.39. The van der Waals surface area contributed by atoms with Gasteiger partial charge in [-0.1, -0.05) is 19.9 Å². The molecular weight excluding hydrogens is 405 g/mol. The molecule has 1 aromatic carbocycles. The summed E-state index contributed by atoms with van der Waals surface area (Å²) in [5.41, 5.74) is -0.989. The number of rotatable bonds is 3. The van der Waals surface area contributed by atoms with Crippen LogP contribution in [0.2, 0.25) is 0 Å². The largest absolute Gasteiger partial charge is 0.416 e. The third-order valence-electron chi connectivity index (χ3n) is 5.78. The maximum Gasteiger partial charge on any atom is 0.416 e. The van der Waals surface area contributed by atoms with E-state index >= 15 is 0 Å². The Bertz CT molecular complexity index is 839. The van der Waals surface area contributed by atoms with Crippen LogP contribution in [0.4, 0.5) is 13.2 Å². The molecule has 0 aliphatic carbocycles. The molecule has 3 rings (SSSR count). The summed E-state index contributed by atoms with van der Waals surface area (Å²) < 4.78 is 65.5.